The molecule has 0 amide bonds. The Balaban J connectivity index is 3.40. The highest BCUT2D eigenvalue weighted by atomic mass is 16.5. The van der Waals surface area contributed by atoms with Crippen molar-refractivity contribution in [2.24, 2.45) is 0 Å². The lowest BCUT2D eigenvalue weighted by Crippen LogP contribution is -2.02. The molecule has 0 saturated carbocycles. The van der Waals surface area contributed by atoms with Gasteiger partial charge in [0.05, 0.1) is 27.0 Å². The van der Waals surface area contributed by atoms with E-state index in [-0.39, 0.29) is 0 Å². The normalized spacial score (nSPS) is 9.64. The molecule has 0 saturated heterocycles. The Bertz CT molecular complexity index is 339. The molecule has 1 aromatic rings. The maximum atomic E-state index is 5.76. The number of nitrogens with two attached hydrogens (primary N) is 2. The van der Waals surface area contributed by atoms with Crippen molar-refractivity contribution < 1.29 is 14.2 Å². The van der Waals surface area contributed by atoms with Crippen molar-refractivity contribution >= 4 is 11.4 Å². The van der Waals surface area contributed by atoms with Gasteiger partial charge in [-0.3, -0.25) is 0 Å². The standard InChI is InChI=1S/C9H14N2O3/c1-12-6-4-5(10)8(13-2)9(14-3)7(6)11/h4H,10-11H2,1-3H3. The highest BCUT2D eigenvalue weighted by Gasteiger charge is 2.16. The molecular formula is C9H14N2O3. The summed E-state index contributed by atoms with van der Waals surface area (Å²) >= 11 is 0. The smallest absolute Gasteiger partial charge is 0.189 e. The van der Waals surface area contributed by atoms with Crippen molar-refractivity contribution in [3.63, 3.8) is 0 Å². The van der Waals surface area contributed by atoms with Crippen LogP contribution in [-0.4, -0.2) is 21.3 Å². The van der Waals surface area contributed by atoms with Gasteiger partial charge in [-0.05, 0) is 0 Å². The second-order valence-corrected chi connectivity index (χ2v) is 2.65. The van der Waals surface area contributed by atoms with Gasteiger partial charge >= 0.3 is 0 Å². The van der Waals surface area contributed by atoms with Gasteiger partial charge in [0.2, 0.25) is 0 Å². The predicted octanol–water partition coefficient (Wildman–Crippen LogP) is 0.877. The quantitative estimate of drug-likeness (QED) is 0.704. The lowest BCUT2D eigenvalue weighted by atomic mass is 10.2. The van der Waals surface area contributed by atoms with E-state index in [2.05, 4.69) is 0 Å². The van der Waals surface area contributed by atoms with Gasteiger partial charge < -0.3 is 25.7 Å². The highest BCUT2D eigenvalue weighted by Crippen LogP contribution is 2.44. The molecule has 0 aliphatic carbocycles. The predicted molar refractivity (Wildman–Crippen MR) is 54.9 cm³/mol. The van der Waals surface area contributed by atoms with Crippen molar-refractivity contribution in [1.29, 1.82) is 0 Å². The average molecular weight is 198 g/mol. The van der Waals surface area contributed by atoms with Crippen molar-refractivity contribution in [3.05, 3.63) is 6.07 Å². The van der Waals surface area contributed by atoms with E-state index in [0.717, 1.165) is 0 Å². The number of ether oxygens (including phenoxy) is 3. The molecule has 0 aromatic heterocycles. The Morgan fingerprint density at radius 2 is 1.50 bits per heavy atom. The summed E-state index contributed by atoms with van der Waals surface area (Å²) in [7, 11) is 4.50. The summed E-state index contributed by atoms with van der Waals surface area (Å²) < 4.78 is 15.2. The van der Waals surface area contributed by atoms with Crippen molar-refractivity contribution in [2.45, 2.75) is 0 Å². The maximum absolute atomic E-state index is 5.76. The minimum absolute atomic E-state index is 0.376. The van der Waals surface area contributed by atoms with E-state index >= 15 is 0 Å². The molecule has 5 heteroatoms. The Kier molecular flexibility index (Phi) is 2.91. The van der Waals surface area contributed by atoms with Gasteiger partial charge in [-0.25, -0.2) is 0 Å². The van der Waals surface area contributed by atoms with Crippen LogP contribution in [0, 0.1) is 0 Å². The van der Waals surface area contributed by atoms with Gasteiger partial charge in [0.25, 0.3) is 0 Å². The number of methoxy groups -OCH3 is 3. The molecule has 4 N–H and O–H groups in total. The summed E-state index contributed by atoms with van der Waals surface area (Å²) in [6.45, 7) is 0. The molecule has 5 nitrogen and oxygen atoms in total. The topological polar surface area (TPSA) is 79.7 Å². The van der Waals surface area contributed by atoms with Crippen molar-refractivity contribution in [2.75, 3.05) is 32.8 Å². The van der Waals surface area contributed by atoms with E-state index < -0.39 is 0 Å². The average Bonchev–Trinajstić information content (AvgIpc) is 2.20. The Hall–Kier alpha value is -1.78. The molecule has 0 aliphatic heterocycles. The summed E-state index contributed by atoms with van der Waals surface area (Å²) in [4.78, 5) is 0. The summed E-state index contributed by atoms with van der Waals surface area (Å²) in [6.07, 6.45) is 0. The monoisotopic (exact) mass is 198 g/mol. The number of anilines is 2. The molecular weight excluding hydrogens is 184 g/mol. The first-order chi connectivity index (χ1) is 6.65. The fourth-order valence-corrected chi connectivity index (χ4v) is 1.23. The molecule has 78 valence electrons. The van der Waals surface area contributed by atoms with Crippen LogP contribution in [0.5, 0.6) is 17.2 Å². The molecule has 0 radical (unpaired) electrons. The van der Waals surface area contributed by atoms with Crippen molar-refractivity contribution in [1.82, 2.24) is 0 Å². The first-order valence-electron chi connectivity index (χ1n) is 3.99. The van der Waals surface area contributed by atoms with Crippen LogP contribution in [0.4, 0.5) is 11.4 Å². The van der Waals surface area contributed by atoms with E-state index in [1.807, 2.05) is 0 Å². The lowest BCUT2D eigenvalue weighted by Gasteiger charge is -2.15. The minimum atomic E-state index is 0.376. The van der Waals surface area contributed by atoms with Crippen LogP contribution in [0.3, 0.4) is 0 Å². The van der Waals surface area contributed by atoms with Crippen LogP contribution < -0.4 is 25.7 Å². The number of rotatable bonds is 3. The molecule has 1 aromatic carbocycles. The molecule has 14 heavy (non-hydrogen) atoms. The zero-order chi connectivity index (χ0) is 10.7. The van der Waals surface area contributed by atoms with Crippen LogP contribution in [0.1, 0.15) is 0 Å². The summed E-state index contributed by atoms with van der Waals surface area (Å²) in [5.74, 6) is 1.29. The van der Waals surface area contributed by atoms with Gasteiger partial charge in [0.15, 0.2) is 11.5 Å². The second-order valence-electron chi connectivity index (χ2n) is 2.65. The maximum Gasteiger partial charge on any atom is 0.189 e. The first-order valence-corrected chi connectivity index (χ1v) is 3.99. The Labute approximate surface area is 82.5 Å². The summed E-state index contributed by atoms with van der Waals surface area (Å²) in [6, 6.07) is 1.59. The number of nitrogen functional groups attached to an aromatic ring is 2. The second kappa shape index (κ2) is 3.95. The number of hydrogen-bond acceptors (Lipinski definition) is 5. The summed E-state index contributed by atoms with van der Waals surface area (Å²) in [5, 5.41) is 0. The zero-order valence-electron chi connectivity index (χ0n) is 8.46. The van der Waals surface area contributed by atoms with Crippen LogP contribution in [0.25, 0.3) is 0 Å². The Morgan fingerprint density at radius 3 is 1.93 bits per heavy atom. The van der Waals surface area contributed by atoms with E-state index in [4.69, 9.17) is 25.7 Å². The van der Waals surface area contributed by atoms with Gasteiger partial charge in [0.1, 0.15) is 11.4 Å². The molecule has 0 spiro atoms. The fraction of sp³-hybridized carbons (Fsp3) is 0.333. The van der Waals surface area contributed by atoms with Gasteiger partial charge in [-0.15, -0.1) is 0 Å². The highest BCUT2D eigenvalue weighted by molar-refractivity contribution is 5.77. The molecule has 0 heterocycles. The Morgan fingerprint density at radius 1 is 0.929 bits per heavy atom. The lowest BCUT2D eigenvalue weighted by molar-refractivity contribution is 0.353. The number of benzene rings is 1. The summed E-state index contributed by atoms with van der Waals surface area (Å²) in [5.41, 5.74) is 12.3. The van der Waals surface area contributed by atoms with E-state index in [1.165, 1.54) is 21.3 Å². The zero-order valence-corrected chi connectivity index (χ0v) is 8.46. The minimum Gasteiger partial charge on any atom is -0.494 e. The van der Waals surface area contributed by atoms with Crippen LogP contribution in [0.15, 0.2) is 6.07 Å². The third-order valence-corrected chi connectivity index (χ3v) is 1.89. The molecule has 1 rings (SSSR count). The molecule has 0 aliphatic rings. The van der Waals surface area contributed by atoms with E-state index in [1.54, 1.807) is 6.07 Å². The molecule has 0 atom stereocenters. The van der Waals surface area contributed by atoms with E-state index in [9.17, 15) is 0 Å². The van der Waals surface area contributed by atoms with Gasteiger partial charge in [0, 0.05) is 6.07 Å². The largest absolute Gasteiger partial charge is 0.494 e. The van der Waals surface area contributed by atoms with Gasteiger partial charge in [-0.1, -0.05) is 0 Å². The van der Waals surface area contributed by atoms with Crippen molar-refractivity contribution in [3.8, 4) is 17.2 Å². The third kappa shape index (κ3) is 1.48. The van der Waals surface area contributed by atoms with Gasteiger partial charge in [-0.2, -0.15) is 0 Å². The molecule has 0 unspecified atom stereocenters. The molecule has 0 fully saturated rings. The third-order valence-electron chi connectivity index (χ3n) is 1.89. The first kappa shape index (κ1) is 10.3. The van der Waals surface area contributed by atoms with E-state index in [0.29, 0.717) is 28.6 Å². The SMILES string of the molecule is COc1cc(N)c(OC)c(OC)c1N. The number of hydrogen-bond donors (Lipinski definition) is 2. The van der Waals surface area contributed by atoms with Crippen LogP contribution >= 0.6 is 0 Å². The van der Waals surface area contributed by atoms with Crippen LogP contribution in [-0.2, 0) is 0 Å². The fourth-order valence-electron chi connectivity index (χ4n) is 1.23. The molecule has 0 bridgehead atoms. The van der Waals surface area contributed by atoms with Crippen LogP contribution in [0.2, 0.25) is 0 Å².